The average molecular weight is 265 g/mol. The zero-order chi connectivity index (χ0) is 13.4. The SMILES string of the molecule is O=C(O)c1cc(CN2CCN3C(=O)CCC3C2)on1. The number of amides is 1. The summed E-state index contributed by atoms with van der Waals surface area (Å²) in [5.74, 6) is -0.283. The Morgan fingerprint density at radius 1 is 1.53 bits per heavy atom. The van der Waals surface area contributed by atoms with Crippen molar-refractivity contribution in [3.05, 3.63) is 17.5 Å². The Morgan fingerprint density at radius 3 is 3.11 bits per heavy atom. The molecule has 1 N–H and O–H groups in total. The number of nitrogens with zero attached hydrogens (tertiary/aromatic N) is 3. The van der Waals surface area contributed by atoms with Crippen LogP contribution in [-0.4, -0.2) is 57.6 Å². The number of aromatic nitrogens is 1. The zero-order valence-electron chi connectivity index (χ0n) is 10.4. The van der Waals surface area contributed by atoms with E-state index in [0.29, 0.717) is 24.8 Å². The van der Waals surface area contributed by atoms with E-state index in [4.69, 9.17) is 9.63 Å². The number of carboxylic acids is 1. The first kappa shape index (κ1) is 12.2. The summed E-state index contributed by atoms with van der Waals surface area (Å²) >= 11 is 0. The van der Waals surface area contributed by atoms with Gasteiger partial charge in [0.15, 0.2) is 11.5 Å². The van der Waals surface area contributed by atoms with E-state index in [2.05, 4.69) is 10.1 Å². The van der Waals surface area contributed by atoms with Crippen molar-refractivity contribution >= 4 is 11.9 Å². The Hall–Kier alpha value is -1.89. The van der Waals surface area contributed by atoms with Crippen LogP contribution in [0.4, 0.5) is 0 Å². The molecule has 0 radical (unpaired) electrons. The van der Waals surface area contributed by atoms with Crippen molar-refractivity contribution in [2.24, 2.45) is 0 Å². The fourth-order valence-corrected chi connectivity index (χ4v) is 2.78. The second-order valence-corrected chi connectivity index (χ2v) is 5.00. The summed E-state index contributed by atoms with van der Waals surface area (Å²) in [6.45, 7) is 2.88. The normalized spacial score (nSPS) is 23.7. The standard InChI is InChI=1S/C12H15N3O4/c16-11-2-1-8-6-14(3-4-15(8)11)7-9-5-10(12(17)18)13-19-9/h5,8H,1-4,6-7H2,(H,17,18). The number of piperazine rings is 1. The lowest BCUT2D eigenvalue weighted by Gasteiger charge is -2.36. The molecule has 3 rings (SSSR count). The predicted octanol–water partition coefficient (Wildman–Crippen LogP) is 0.179. The molecule has 102 valence electrons. The van der Waals surface area contributed by atoms with Gasteiger partial charge in [0.25, 0.3) is 0 Å². The van der Waals surface area contributed by atoms with Gasteiger partial charge in [0.05, 0.1) is 6.54 Å². The van der Waals surface area contributed by atoms with Crippen LogP contribution in [0.15, 0.2) is 10.6 Å². The minimum atomic E-state index is -1.08. The summed E-state index contributed by atoms with van der Waals surface area (Å²) in [6, 6.07) is 1.75. The first-order valence-corrected chi connectivity index (χ1v) is 6.34. The van der Waals surface area contributed by atoms with E-state index >= 15 is 0 Å². The molecule has 2 fully saturated rings. The van der Waals surface area contributed by atoms with Gasteiger partial charge in [-0.2, -0.15) is 0 Å². The largest absolute Gasteiger partial charge is 0.476 e. The second-order valence-electron chi connectivity index (χ2n) is 5.00. The number of rotatable bonds is 3. The third-order valence-electron chi connectivity index (χ3n) is 3.74. The molecule has 1 aromatic heterocycles. The van der Waals surface area contributed by atoms with Crippen molar-refractivity contribution < 1.29 is 19.2 Å². The molecule has 2 saturated heterocycles. The summed E-state index contributed by atoms with van der Waals surface area (Å²) in [5.41, 5.74) is -0.0651. The van der Waals surface area contributed by atoms with Gasteiger partial charge in [0.1, 0.15) is 0 Å². The molecule has 0 aliphatic carbocycles. The third kappa shape index (κ3) is 2.33. The van der Waals surface area contributed by atoms with Gasteiger partial charge in [0.2, 0.25) is 5.91 Å². The van der Waals surface area contributed by atoms with Gasteiger partial charge in [-0.1, -0.05) is 5.16 Å². The predicted molar refractivity (Wildman–Crippen MR) is 63.5 cm³/mol. The van der Waals surface area contributed by atoms with E-state index in [-0.39, 0.29) is 11.6 Å². The van der Waals surface area contributed by atoms with E-state index in [0.717, 1.165) is 26.1 Å². The highest BCUT2D eigenvalue weighted by molar-refractivity contribution is 5.85. The van der Waals surface area contributed by atoms with Crippen molar-refractivity contribution in [3.63, 3.8) is 0 Å². The number of hydrogen-bond acceptors (Lipinski definition) is 5. The van der Waals surface area contributed by atoms with E-state index < -0.39 is 5.97 Å². The van der Waals surface area contributed by atoms with Crippen LogP contribution in [0.5, 0.6) is 0 Å². The van der Waals surface area contributed by atoms with Gasteiger partial charge in [0, 0.05) is 38.2 Å². The van der Waals surface area contributed by atoms with Crippen molar-refractivity contribution in [1.29, 1.82) is 0 Å². The average Bonchev–Trinajstić information content (AvgIpc) is 2.97. The van der Waals surface area contributed by atoms with E-state index in [1.165, 1.54) is 6.07 Å². The van der Waals surface area contributed by atoms with Crippen LogP contribution < -0.4 is 0 Å². The van der Waals surface area contributed by atoms with E-state index in [1.54, 1.807) is 0 Å². The number of hydrogen-bond donors (Lipinski definition) is 1. The number of aromatic carboxylic acids is 1. The summed E-state index contributed by atoms with van der Waals surface area (Å²) in [6.07, 6.45) is 1.55. The monoisotopic (exact) mass is 265 g/mol. The molecule has 2 aliphatic heterocycles. The van der Waals surface area contributed by atoms with E-state index in [1.807, 2.05) is 4.90 Å². The first-order chi connectivity index (χ1) is 9.13. The van der Waals surface area contributed by atoms with Gasteiger partial charge >= 0.3 is 5.97 Å². The molecule has 1 amide bonds. The Balaban J connectivity index is 1.61. The van der Waals surface area contributed by atoms with Crippen molar-refractivity contribution in [2.75, 3.05) is 19.6 Å². The lowest BCUT2D eigenvalue weighted by molar-refractivity contribution is -0.130. The minimum absolute atomic E-state index is 0.0651. The third-order valence-corrected chi connectivity index (χ3v) is 3.74. The second kappa shape index (κ2) is 4.65. The van der Waals surface area contributed by atoms with Crippen LogP contribution in [0.1, 0.15) is 29.1 Å². The molecular formula is C12H15N3O4. The van der Waals surface area contributed by atoms with Crippen molar-refractivity contribution in [2.45, 2.75) is 25.4 Å². The van der Waals surface area contributed by atoms with Crippen molar-refractivity contribution in [1.82, 2.24) is 15.0 Å². The lowest BCUT2D eigenvalue weighted by Crippen LogP contribution is -2.50. The highest BCUT2D eigenvalue weighted by Crippen LogP contribution is 2.23. The summed E-state index contributed by atoms with van der Waals surface area (Å²) in [5, 5.41) is 12.3. The zero-order valence-corrected chi connectivity index (χ0v) is 10.4. The Morgan fingerprint density at radius 2 is 2.37 bits per heavy atom. The molecule has 1 atom stereocenters. The molecule has 2 aliphatic rings. The molecule has 0 saturated carbocycles. The number of carbonyl (C=O) groups is 2. The smallest absolute Gasteiger partial charge is 0.358 e. The molecular weight excluding hydrogens is 250 g/mol. The molecule has 1 unspecified atom stereocenters. The van der Waals surface area contributed by atoms with Crippen LogP contribution >= 0.6 is 0 Å². The van der Waals surface area contributed by atoms with Crippen LogP contribution in [0.3, 0.4) is 0 Å². The van der Waals surface area contributed by atoms with Gasteiger partial charge in [-0.3, -0.25) is 9.69 Å². The maximum Gasteiger partial charge on any atom is 0.358 e. The fourth-order valence-electron chi connectivity index (χ4n) is 2.78. The van der Waals surface area contributed by atoms with Gasteiger partial charge in [-0.15, -0.1) is 0 Å². The lowest BCUT2D eigenvalue weighted by atomic mass is 10.1. The topological polar surface area (TPSA) is 86.9 Å². The van der Waals surface area contributed by atoms with Crippen molar-refractivity contribution in [3.8, 4) is 0 Å². The summed E-state index contributed by atoms with van der Waals surface area (Å²) < 4.78 is 5.01. The summed E-state index contributed by atoms with van der Waals surface area (Å²) in [4.78, 5) is 26.4. The molecule has 3 heterocycles. The molecule has 7 heteroatoms. The van der Waals surface area contributed by atoms with Crippen LogP contribution in [0, 0.1) is 0 Å². The summed E-state index contributed by atoms with van der Waals surface area (Å²) in [7, 11) is 0. The minimum Gasteiger partial charge on any atom is -0.476 e. The molecule has 0 spiro atoms. The van der Waals surface area contributed by atoms with Crippen LogP contribution in [-0.2, 0) is 11.3 Å². The first-order valence-electron chi connectivity index (χ1n) is 6.34. The molecule has 1 aromatic rings. The quantitative estimate of drug-likeness (QED) is 0.839. The molecule has 7 nitrogen and oxygen atoms in total. The number of carbonyl (C=O) groups excluding carboxylic acids is 1. The Bertz CT molecular complexity index is 513. The molecule has 0 bridgehead atoms. The Kier molecular flexibility index (Phi) is 2.98. The van der Waals surface area contributed by atoms with Gasteiger partial charge < -0.3 is 14.5 Å². The van der Waals surface area contributed by atoms with E-state index in [9.17, 15) is 9.59 Å². The molecule has 0 aromatic carbocycles. The fraction of sp³-hybridized carbons (Fsp3) is 0.583. The molecule has 19 heavy (non-hydrogen) atoms. The maximum absolute atomic E-state index is 11.6. The maximum atomic E-state index is 11.6. The van der Waals surface area contributed by atoms with Crippen LogP contribution in [0.2, 0.25) is 0 Å². The van der Waals surface area contributed by atoms with Gasteiger partial charge in [-0.25, -0.2) is 4.79 Å². The number of carboxylic acid groups (broad SMARTS) is 1. The van der Waals surface area contributed by atoms with Crippen LogP contribution in [0.25, 0.3) is 0 Å². The Labute approximate surface area is 109 Å². The highest BCUT2D eigenvalue weighted by Gasteiger charge is 2.35. The highest BCUT2D eigenvalue weighted by atomic mass is 16.5. The number of fused-ring (bicyclic) bond motifs is 1. The van der Waals surface area contributed by atoms with Gasteiger partial charge in [-0.05, 0) is 6.42 Å².